The first-order valence-electron chi connectivity index (χ1n) is 19.4. The maximum absolute atomic E-state index is 13.9. The molecule has 1 heterocycles. The zero-order valence-electron chi connectivity index (χ0n) is 30.9. The second-order valence-corrected chi connectivity index (χ2v) is 19.4. The summed E-state index contributed by atoms with van der Waals surface area (Å²) in [6.07, 6.45) is 17.8. The Morgan fingerprint density at radius 1 is 0.958 bits per heavy atom. The lowest BCUT2D eigenvalue weighted by molar-refractivity contribution is -0.221. The Morgan fingerprint density at radius 3 is 2.31 bits per heavy atom. The smallest absolute Gasteiger partial charge is 0.312 e. The summed E-state index contributed by atoms with van der Waals surface area (Å²) in [5.74, 6) is 2.05. The van der Waals surface area contributed by atoms with Crippen molar-refractivity contribution in [1.29, 1.82) is 0 Å². The number of hydrogen-bond donors (Lipinski definition) is 3. The molecular formula is C42H64FNO4. The second-order valence-electron chi connectivity index (χ2n) is 19.4. The molecule has 48 heavy (non-hydrogen) atoms. The van der Waals surface area contributed by atoms with E-state index in [1.54, 1.807) is 0 Å². The summed E-state index contributed by atoms with van der Waals surface area (Å²) in [6.45, 7) is 20.8. The van der Waals surface area contributed by atoms with Gasteiger partial charge >= 0.3 is 5.97 Å². The summed E-state index contributed by atoms with van der Waals surface area (Å²) in [4.78, 5) is 12.0. The molecule has 6 heteroatoms. The number of aliphatic carboxylic acids is 1. The zero-order valence-corrected chi connectivity index (χ0v) is 30.9. The SMILES string of the molecule is C=C(C)[C@@H]1CC[C@]2(NCCC3(O)COC3)CC[C@]3(C)[C@H](CC[C@@H]4[C@@]5(C)CC=C(C6=CCC(CF)(C(=O)O)CC6)C(C)(C)[C@@H]5CC[C@]43C)[C@@H]12. The average molecular weight is 666 g/mol. The van der Waals surface area contributed by atoms with Crippen LogP contribution in [-0.4, -0.2) is 53.8 Å². The molecule has 10 atom stereocenters. The summed E-state index contributed by atoms with van der Waals surface area (Å²) in [6, 6.07) is 0. The molecule has 0 amide bonds. The van der Waals surface area contributed by atoms with Crippen LogP contribution >= 0.6 is 0 Å². The Hall–Kier alpha value is -1.50. The maximum Gasteiger partial charge on any atom is 0.312 e. The molecule has 0 radical (unpaired) electrons. The number of carboxylic acids is 1. The Balaban J connectivity index is 1.16. The number of fused-ring (bicyclic) bond motifs is 7. The van der Waals surface area contributed by atoms with E-state index in [-0.39, 0.29) is 27.2 Å². The fourth-order valence-corrected chi connectivity index (χ4v) is 14.1. The van der Waals surface area contributed by atoms with Crippen molar-refractivity contribution in [3.05, 3.63) is 35.5 Å². The molecule has 4 saturated carbocycles. The lowest BCUT2D eigenvalue weighted by Crippen LogP contribution is -2.68. The number of allylic oxidation sites excluding steroid dienone is 5. The van der Waals surface area contributed by atoms with Crippen molar-refractivity contribution in [1.82, 2.24) is 5.32 Å². The van der Waals surface area contributed by atoms with Gasteiger partial charge in [-0.15, -0.1) is 0 Å². The van der Waals surface area contributed by atoms with Crippen molar-refractivity contribution >= 4 is 5.97 Å². The Kier molecular flexibility index (Phi) is 8.37. The van der Waals surface area contributed by atoms with Gasteiger partial charge in [-0.1, -0.05) is 58.9 Å². The number of carboxylic acid groups (broad SMARTS) is 1. The molecule has 5 fully saturated rings. The molecule has 1 unspecified atom stereocenters. The molecule has 1 aliphatic heterocycles. The Morgan fingerprint density at radius 2 is 1.71 bits per heavy atom. The van der Waals surface area contributed by atoms with Gasteiger partial charge in [0.25, 0.3) is 0 Å². The number of halogens is 1. The van der Waals surface area contributed by atoms with Crippen LogP contribution in [0, 0.1) is 56.7 Å². The third-order valence-electron chi connectivity index (χ3n) is 17.1. The van der Waals surface area contributed by atoms with E-state index >= 15 is 0 Å². The standard InChI is InChI=1S/C42H64FNO4/c1-27(2)29-12-19-42(44-23-22-41(47)25-48-26-41)21-20-38(6)31(34(29)42)8-9-33-37(5)15-13-30(36(3,4)32(37)14-16-39(33,38)7)28-10-17-40(24-43,18-11-28)35(45)46/h10,13,29,31-34,44,47H,1,8-9,11-12,14-26H2,2-7H3,(H,45,46)/t29-,31+,32-,33+,34+,37-,38+,39+,40?,42-/m0/s1. The summed E-state index contributed by atoms with van der Waals surface area (Å²) >= 11 is 0. The normalized spacial score (nSPS) is 47.3. The van der Waals surface area contributed by atoms with Crippen molar-refractivity contribution in [3.63, 3.8) is 0 Å². The van der Waals surface area contributed by atoms with E-state index in [1.807, 2.05) is 0 Å². The zero-order chi connectivity index (χ0) is 34.5. The highest BCUT2D eigenvalue weighted by Crippen LogP contribution is 2.76. The van der Waals surface area contributed by atoms with Crippen LogP contribution in [0.3, 0.4) is 0 Å². The van der Waals surface area contributed by atoms with E-state index < -0.39 is 23.7 Å². The third-order valence-corrected chi connectivity index (χ3v) is 17.1. The minimum Gasteiger partial charge on any atom is -0.481 e. The van der Waals surface area contributed by atoms with Gasteiger partial charge in [-0.2, -0.15) is 0 Å². The molecule has 0 aromatic carbocycles. The highest BCUT2D eigenvalue weighted by molar-refractivity contribution is 5.75. The van der Waals surface area contributed by atoms with Gasteiger partial charge < -0.3 is 20.3 Å². The molecule has 0 aromatic heterocycles. The number of rotatable bonds is 8. The molecule has 0 bridgehead atoms. The van der Waals surface area contributed by atoms with E-state index in [4.69, 9.17) is 4.74 Å². The number of alkyl halides is 1. The number of carbonyl (C=O) groups is 1. The van der Waals surface area contributed by atoms with Gasteiger partial charge in [-0.3, -0.25) is 4.79 Å². The minimum absolute atomic E-state index is 0.00542. The highest BCUT2D eigenvalue weighted by atomic mass is 19.1. The van der Waals surface area contributed by atoms with E-state index in [2.05, 4.69) is 65.6 Å². The molecule has 1 saturated heterocycles. The van der Waals surface area contributed by atoms with E-state index in [0.29, 0.717) is 62.1 Å². The van der Waals surface area contributed by atoms with Gasteiger partial charge in [-0.25, -0.2) is 4.39 Å². The Labute approximate surface area is 289 Å². The van der Waals surface area contributed by atoms with Crippen molar-refractivity contribution in [3.8, 4) is 0 Å². The minimum atomic E-state index is -1.25. The highest BCUT2D eigenvalue weighted by Gasteiger charge is 2.70. The summed E-state index contributed by atoms with van der Waals surface area (Å²) < 4.78 is 19.3. The molecule has 0 aromatic rings. The third kappa shape index (κ3) is 4.80. The molecule has 6 aliphatic carbocycles. The first-order chi connectivity index (χ1) is 22.5. The second kappa shape index (κ2) is 11.5. The predicted octanol–water partition coefficient (Wildman–Crippen LogP) is 8.82. The van der Waals surface area contributed by atoms with Crippen LogP contribution in [0.5, 0.6) is 0 Å². The van der Waals surface area contributed by atoms with E-state index in [9.17, 15) is 19.4 Å². The lowest BCUT2D eigenvalue weighted by Gasteiger charge is -2.72. The molecule has 268 valence electrons. The fraction of sp³-hybridized carbons (Fsp3) is 0.833. The molecule has 3 N–H and O–H groups in total. The van der Waals surface area contributed by atoms with Gasteiger partial charge in [0.1, 0.15) is 12.3 Å². The van der Waals surface area contributed by atoms with Crippen LogP contribution in [0.1, 0.15) is 125 Å². The van der Waals surface area contributed by atoms with Crippen molar-refractivity contribution < 1.29 is 24.1 Å². The van der Waals surface area contributed by atoms with Crippen molar-refractivity contribution in [2.75, 3.05) is 26.4 Å². The van der Waals surface area contributed by atoms with E-state index in [0.717, 1.165) is 19.4 Å². The average Bonchev–Trinajstić information content (AvgIpc) is 3.40. The molecular weight excluding hydrogens is 601 g/mol. The molecule has 5 nitrogen and oxygen atoms in total. The van der Waals surface area contributed by atoms with Gasteiger partial charge in [0.15, 0.2) is 0 Å². The van der Waals surface area contributed by atoms with Crippen LogP contribution in [0.25, 0.3) is 0 Å². The van der Waals surface area contributed by atoms with Crippen LogP contribution in [0.2, 0.25) is 0 Å². The number of aliphatic hydroxyl groups is 1. The number of nitrogens with one attached hydrogen (secondary N) is 1. The monoisotopic (exact) mass is 665 g/mol. The molecule has 7 aliphatic rings. The topological polar surface area (TPSA) is 78.8 Å². The van der Waals surface area contributed by atoms with Crippen LogP contribution in [0.4, 0.5) is 4.39 Å². The number of ether oxygens (including phenoxy) is 1. The largest absolute Gasteiger partial charge is 0.481 e. The lowest BCUT2D eigenvalue weighted by atomic mass is 9.33. The molecule has 7 rings (SSSR count). The summed E-state index contributed by atoms with van der Waals surface area (Å²) in [5.41, 5.74) is 3.02. The van der Waals surface area contributed by atoms with Crippen LogP contribution in [-0.2, 0) is 9.53 Å². The summed E-state index contributed by atoms with van der Waals surface area (Å²) in [5, 5.41) is 24.7. The van der Waals surface area contributed by atoms with Gasteiger partial charge in [0, 0.05) is 5.54 Å². The maximum atomic E-state index is 13.9. The Bertz CT molecular complexity index is 1400. The van der Waals surface area contributed by atoms with Crippen molar-refractivity contribution in [2.24, 2.45) is 56.7 Å². The van der Waals surface area contributed by atoms with Gasteiger partial charge in [-0.05, 0) is 159 Å². The van der Waals surface area contributed by atoms with E-state index in [1.165, 1.54) is 68.1 Å². The first kappa shape index (κ1) is 34.9. The van der Waals surface area contributed by atoms with Gasteiger partial charge in [0.05, 0.1) is 18.6 Å². The quantitative estimate of drug-likeness (QED) is 0.226. The van der Waals surface area contributed by atoms with Crippen molar-refractivity contribution in [2.45, 2.75) is 136 Å². The van der Waals surface area contributed by atoms with Gasteiger partial charge in [0.2, 0.25) is 0 Å². The predicted molar refractivity (Wildman–Crippen MR) is 189 cm³/mol. The van der Waals surface area contributed by atoms with Crippen LogP contribution in [0.15, 0.2) is 35.5 Å². The van der Waals surface area contributed by atoms with Crippen LogP contribution < -0.4 is 5.32 Å². The first-order valence-corrected chi connectivity index (χ1v) is 19.4. The fourth-order valence-electron chi connectivity index (χ4n) is 14.1. The summed E-state index contributed by atoms with van der Waals surface area (Å²) in [7, 11) is 0. The molecule has 0 spiro atoms. The number of hydrogen-bond acceptors (Lipinski definition) is 4.